The van der Waals surface area contributed by atoms with Crippen molar-refractivity contribution in [3.8, 4) is 5.75 Å². The Hall–Kier alpha value is -1.48. The molecule has 0 spiro atoms. The number of rotatable bonds is 3. The molecule has 0 radical (unpaired) electrons. The molecule has 1 aromatic carbocycles. The molecule has 0 saturated carbocycles. The van der Waals surface area contributed by atoms with E-state index in [9.17, 15) is 9.90 Å². The molecule has 16 heavy (non-hydrogen) atoms. The van der Waals surface area contributed by atoms with Crippen molar-refractivity contribution in [2.24, 2.45) is 0 Å². The maximum atomic E-state index is 11.9. The van der Waals surface area contributed by atoms with Crippen molar-refractivity contribution >= 4 is 17.5 Å². The van der Waals surface area contributed by atoms with Gasteiger partial charge >= 0.3 is 0 Å². The van der Waals surface area contributed by atoms with E-state index >= 15 is 0 Å². The van der Waals surface area contributed by atoms with Gasteiger partial charge in [0, 0.05) is 13.6 Å². The predicted octanol–water partition coefficient (Wildman–Crippen LogP) is 2.69. The van der Waals surface area contributed by atoms with Gasteiger partial charge in [0.25, 0.3) is 5.91 Å². The molecule has 3 nitrogen and oxygen atoms in total. The Morgan fingerprint density at radius 1 is 1.56 bits per heavy atom. The van der Waals surface area contributed by atoms with Crippen LogP contribution in [0.15, 0.2) is 30.4 Å². The summed E-state index contributed by atoms with van der Waals surface area (Å²) in [6.45, 7) is 6.04. The Kier molecular flexibility index (Phi) is 3.96. The summed E-state index contributed by atoms with van der Waals surface area (Å²) < 4.78 is 0. The molecule has 0 aliphatic carbocycles. The van der Waals surface area contributed by atoms with Gasteiger partial charge in [-0.3, -0.25) is 4.79 Å². The first kappa shape index (κ1) is 12.6. The molecule has 1 rings (SSSR count). The number of aromatic hydroxyl groups is 1. The van der Waals surface area contributed by atoms with E-state index < -0.39 is 0 Å². The van der Waals surface area contributed by atoms with Crippen molar-refractivity contribution in [2.75, 3.05) is 13.6 Å². The zero-order valence-electron chi connectivity index (χ0n) is 9.33. The summed E-state index contributed by atoms with van der Waals surface area (Å²) in [4.78, 5) is 13.4. The zero-order chi connectivity index (χ0) is 12.3. The van der Waals surface area contributed by atoms with E-state index in [4.69, 9.17) is 11.6 Å². The summed E-state index contributed by atoms with van der Waals surface area (Å²) in [6.07, 6.45) is 0. The second-order valence-electron chi connectivity index (χ2n) is 3.78. The topological polar surface area (TPSA) is 40.5 Å². The van der Waals surface area contributed by atoms with Gasteiger partial charge in [0.05, 0.1) is 10.6 Å². The van der Waals surface area contributed by atoms with Crippen molar-refractivity contribution < 1.29 is 9.90 Å². The Labute approximate surface area is 100.0 Å². The minimum Gasteiger partial charge on any atom is -0.508 e. The van der Waals surface area contributed by atoms with Crippen LogP contribution in [0, 0.1) is 0 Å². The largest absolute Gasteiger partial charge is 0.508 e. The highest BCUT2D eigenvalue weighted by Gasteiger charge is 2.15. The van der Waals surface area contributed by atoms with Gasteiger partial charge < -0.3 is 10.0 Å². The predicted molar refractivity (Wildman–Crippen MR) is 64.9 cm³/mol. The van der Waals surface area contributed by atoms with E-state index in [2.05, 4.69) is 6.58 Å². The molecule has 1 aromatic rings. The van der Waals surface area contributed by atoms with Crippen LogP contribution in [0.2, 0.25) is 5.02 Å². The van der Waals surface area contributed by atoms with Crippen LogP contribution in [0.3, 0.4) is 0 Å². The van der Waals surface area contributed by atoms with E-state index in [1.807, 2.05) is 6.92 Å². The number of benzene rings is 1. The SMILES string of the molecule is C=C(C)CN(C)C(=O)c1cc(O)ccc1Cl. The number of phenols is 1. The summed E-state index contributed by atoms with van der Waals surface area (Å²) in [5.74, 6) is -0.208. The zero-order valence-corrected chi connectivity index (χ0v) is 10.1. The van der Waals surface area contributed by atoms with Crippen LogP contribution in [-0.2, 0) is 0 Å². The first-order valence-electron chi connectivity index (χ1n) is 4.80. The highest BCUT2D eigenvalue weighted by molar-refractivity contribution is 6.33. The van der Waals surface area contributed by atoms with Gasteiger partial charge in [-0.2, -0.15) is 0 Å². The van der Waals surface area contributed by atoms with Crippen molar-refractivity contribution in [1.82, 2.24) is 4.90 Å². The average Bonchev–Trinajstić information content (AvgIpc) is 2.19. The van der Waals surface area contributed by atoms with Crippen molar-refractivity contribution in [1.29, 1.82) is 0 Å². The quantitative estimate of drug-likeness (QED) is 0.824. The van der Waals surface area contributed by atoms with Crippen LogP contribution in [-0.4, -0.2) is 29.5 Å². The second kappa shape index (κ2) is 5.03. The lowest BCUT2D eigenvalue weighted by Crippen LogP contribution is -2.28. The third kappa shape index (κ3) is 3.00. The molecule has 0 atom stereocenters. The van der Waals surface area contributed by atoms with Crippen LogP contribution < -0.4 is 0 Å². The van der Waals surface area contributed by atoms with Crippen LogP contribution in [0.1, 0.15) is 17.3 Å². The van der Waals surface area contributed by atoms with Crippen molar-refractivity contribution in [3.05, 3.63) is 40.9 Å². The molecule has 1 amide bonds. The Bertz CT molecular complexity index is 429. The number of nitrogens with zero attached hydrogens (tertiary/aromatic N) is 1. The third-order valence-electron chi connectivity index (χ3n) is 2.03. The maximum Gasteiger partial charge on any atom is 0.255 e. The molecular weight excluding hydrogens is 226 g/mol. The lowest BCUT2D eigenvalue weighted by Gasteiger charge is -2.17. The smallest absolute Gasteiger partial charge is 0.255 e. The molecule has 0 aromatic heterocycles. The molecule has 0 saturated heterocycles. The molecule has 86 valence electrons. The highest BCUT2D eigenvalue weighted by atomic mass is 35.5. The van der Waals surface area contributed by atoms with E-state index in [1.165, 1.54) is 23.1 Å². The van der Waals surface area contributed by atoms with Crippen LogP contribution in [0.25, 0.3) is 0 Å². The lowest BCUT2D eigenvalue weighted by molar-refractivity contribution is 0.0806. The van der Waals surface area contributed by atoms with Gasteiger partial charge in [0.15, 0.2) is 0 Å². The number of hydrogen-bond donors (Lipinski definition) is 1. The van der Waals surface area contributed by atoms with Crippen LogP contribution >= 0.6 is 11.6 Å². The van der Waals surface area contributed by atoms with Gasteiger partial charge in [0.1, 0.15) is 5.75 Å². The summed E-state index contributed by atoms with van der Waals surface area (Å²) in [7, 11) is 1.66. The highest BCUT2D eigenvalue weighted by Crippen LogP contribution is 2.22. The van der Waals surface area contributed by atoms with Gasteiger partial charge in [-0.25, -0.2) is 0 Å². The average molecular weight is 240 g/mol. The molecule has 0 fully saturated rings. The van der Waals surface area contributed by atoms with E-state index in [0.717, 1.165) is 5.57 Å². The maximum absolute atomic E-state index is 11.9. The molecule has 0 heterocycles. The number of likely N-dealkylation sites (N-methyl/N-ethyl adjacent to an activating group) is 1. The fourth-order valence-corrected chi connectivity index (χ4v) is 1.56. The van der Waals surface area contributed by atoms with Gasteiger partial charge in [-0.05, 0) is 25.1 Å². The van der Waals surface area contributed by atoms with Crippen LogP contribution in [0.4, 0.5) is 0 Å². The standard InChI is InChI=1S/C12H14ClNO2/c1-8(2)7-14(3)12(16)10-6-9(15)4-5-11(10)13/h4-6,15H,1,7H2,2-3H3. The molecular formula is C12H14ClNO2. The molecule has 0 bridgehead atoms. The normalized spacial score (nSPS) is 9.94. The van der Waals surface area contributed by atoms with Crippen molar-refractivity contribution in [2.45, 2.75) is 6.92 Å². The number of amides is 1. The molecule has 1 N–H and O–H groups in total. The second-order valence-corrected chi connectivity index (χ2v) is 4.19. The third-order valence-corrected chi connectivity index (χ3v) is 2.36. The molecule has 0 aliphatic heterocycles. The molecule has 0 unspecified atom stereocenters. The van der Waals surface area contributed by atoms with E-state index in [1.54, 1.807) is 7.05 Å². The minimum absolute atomic E-state index is 0.0245. The number of hydrogen-bond acceptors (Lipinski definition) is 2. The van der Waals surface area contributed by atoms with E-state index in [0.29, 0.717) is 17.1 Å². The van der Waals surface area contributed by atoms with Gasteiger partial charge in [-0.15, -0.1) is 0 Å². The van der Waals surface area contributed by atoms with Crippen LogP contribution in [0.5, 0.6) is 5.75 Å². The first-order chi connectivity index (χ1) is 7.41. The fourth-order valence-electron chi connectivity index (χ4n) is 1.36. The fraction of sp³-hybridized carbons (Fsp3) is 0.250. The summed E-state index contributed by atoms with van der Waals surface area (Å²) in [5, 5.41) is 9.63. The number of carbonyl (C=O) groups is 1. The number of halogens is 1. The Morgan fingerprint density at radius 3 is 2.75 bits per heavy atom. The number of phenolic OH excluding ortho intramolecular Hbond substituents is 1. The molecule has 0 aliphatic rings. The summed E-state index contributed by atoms with van der Waals surface area (Å²) >= 11 is 5.89. The minimum atomic E-state index is -0.232. The summed E-state index contributed by atoms with van der Waals surface area (Å²) in [6, 6.07) is 4.30. The van der Waals surface area contributed by atoms with Crippen molar-refractivity contribution in [3.63, 3.8) is 0 Å². The first-order valence-corrected chi connectivity index (χ1v) is 5.18. The monoisotopic (exact) mass is 239 g/mol. The number of carbonyl (C=O) groups excluding carboxylic acids is 1. The van der Waals surface area contributed by atoms with Gasteiger partial charge in [0.2, 0.25) is 0 Å². The Balaban J connectivity index is 2.95. The summed E-state index contributed by atoms with van der Waals surface area (Å²) in [5.41, 5.74) is 1.18. The Morgan fingerprint density at radius 2 is 2.19 bits per heavy atom. The van der Waals surface area contributed by atoms with Gasteiger partial charge in [-0.1, -0.05) is 23.8 Å². The van der Waals surface area contributed by atoms with E-state index in [-0.39, 0.29) is 11.7 Å². The lowest BCUT2D eigenvalue weighted by atomic mass is 10.2. The molecule has 4 heteroatoms.